The van der Waals surface area contributed by atoms with Crippen molar-refractivity contribution in [2.75, 3.05) is 5.32 Å². The van der Waals surface area contributed by atoms with Gasteiger partial charge < -0.3 is 5.32 Å². The van der Waals surface area contributed by atoms with Crippen LogP contribution in [0, 0.1) is 6.92 Å². The van der Waals surface area contributed by atoms with Crippen LogP contribution in [0.1, 0.15) is 11.1 Å². The number of halogens is 3. The van der Waals surface area contributed by atoms with Crippen molar-refractivity contribution >= 4 is 62.1 Å². The van der Waals surface area contributed by atoms with Crippen molar-refractivity contribution in [2.24, 2.45) is 4.99 Å². The number of carbonyl (C=O) groups is 1. The van der Waals surface area contributed by atoms with Crippen LogP contribution in [0.3, 0.4) is 0 Å². The number of aliphatic imine (C=N–C) groups is 1. The van der Waals surface area contributed by atoms with Crippen LogP contribution in [-0.2, 0) is 4.79 Å². The molecule has 0 fully saturated rings. The Labute approximate surface area is 140 Å². The van der Waals surface area contributed by atoms with Crippen LogP contribution in [0.25, 0.3) is 0 Å². The number of anilines is 1. The molecule has 0 bridgehead atoms. The minimum Gasteiger partial charge on any atom is -0.320 e. The maximum atomic E-state index is 12.1. The van der Waals surface area contributed by atoms with Gasteiger partial charge in [-0.15, -0.1) is 0 Å². The summed E-state index contributed by atoms with van der Waals surface area (Å²) >= 11 is 15.3. The van der Waals surface area contributed by atoms with E-state index < -0.39 is 0 Å². The Bertz CT molecular complexity index is 803. The van der Waals surface area contributed by atoms with Gasteiger partial charge in [0.2, 0.25) is 0 Å². The summed E-state index contributed by atoms with van der Waals surface area (Å²) in [6.45, 7) is 1.94. The van der Waals surface area contributed by atoms with Crippen LogP contribution >= 0.6 is 39.1 Å². The van der Waals surface area contributed by atoms with Gasteiger partial charge in [-0.2, -0.15) is 0 Å². The van der Waals surface area contributed by atoms with Gasteiger partial charge >= 0.3 is 0 Å². The fourth-order valence-corrected chi connectivity index (χ4v) is 3.05. The van der Waals surface area contributed by atoms with Gasteiger partial charge in [0, 0.05) is 10.0 Å². The molecule has 2 aromatic carbocycles. The van der Waals surface area contributed by atoms with Crippen LogP contribution in [0.2, 0.25) is 10.0 Å². The Morgan fingerprint density at radius 2 is 1.90 bits per heavy atom. The molecule has 0 aromatic heterocycles. The summed E-state index contributed by atoms with van der Waals surface area (Å²) in [6.07, 6.45) is 0. The van der Waals surface area contributed by atoms with E-state index in [0.29, 0.717) is 21.4 Å². The van der Waals surface area contributed by atoms with Crippen LogP contribution < -0.4 is 5.32 Å². The van der Waals surface area contributed by atoms with Crippen LogP contribution in [0.15, 0.2) is 39.8 Å². The first-order valence-electron chi connectivity index (χ1n) is 6.11. The molecule has 1 heterocycles. The second kappa shape index (κ2) is 5.44. The Kier molecular flexibility index (Phi) is 3.78. The Balaban J connectivity index is 2.14. The summed E-state index contributed by atoms with van der Waals surface area (Å²) in [7, 11) is 0. The van der Waals surface area contributed by atoms with Crippen LogP contribution in [0.4, 0.5) is 11.4 Å². The molecule has 3 rings (SSSR count). The second-order valence-electron chi connectivity index (χ2n) is 4.66. The number of amides is 1. The van der Waals surface area contributed by atoms with Crippen LogP contribution in [0.5, 0.6) is 0 Å². The monoisotopic (exact) mass is 382 g/mol. The Hall–Kier alpha value is -1.36. The van der Waals surface area contributed by atoms with Gasteiger partial charge in [-0.3, -0.25) is 4.79 Å². The Morgan fingerprint density at radius 1 is 1.14 bits per heavy atom. The van der Waals surface area contributed by atoms with Gasteiger partial charge in [0.1, 0.15) is 5.71 Å². The molecule has 0 saturated heterocycles. The molecule has 0 unspecified atom stereocenters. The Morgan fingerprint density at radius 3 is 2.62 bits per heavy atom. The minimum absolute atomic E-state index is 0.225. The zero-order valence-electron chi connectivity index (χ0n) is 10.9. The number of nitrogens with zero attached hydrogens (tertiary/aromatic N) is 1. The number of benzene rings is 2. The third-order valence-electron chi connectivity index (χ3n) is 3.15. The topological polar surface area (TPSA) is 41.5 Å². The third-order valence-corrected chi connectivity index (χ3v) is 4.35. The van der Waals surface area contributed by atoms with Crippen molar-refractivity contribution < 1.29 is 4.79 Å². The fourth-order valence-electron chi connectivity index (χ4n) is 2.19. The number of fused-ring (bicyclic) bond motifs is 1. The van der Waals surface area contributed by atoms with Crippen molar-refractivity contribution in [3.63, 3.8) is 0 Å². The largest absolute Gasteiger partial charge is 0.320 e. The molecule has 1 aliphatic rings. The molecule has 21 heavy (non-hydrogen) atoms. The van der Waals surface area contributed by atoms with E-state index in [2.05, 4.69) is 26.2 Å². The molecular formula is C15H9BrCl2N2O. The molecule has 0 atom stereocenters. The zero-order valence-corrected chi connectivity index (χ0v) is 14.0. The molecule has 2 aromatic rings. The van der Waals surface area contributed by atoms with Gasteiger partial charge in [0.25, 0.3) is 5.91 Å². The predicted octanol–water partition coefficient (Wildman–Crippen LogP) is 5.14. The number of aryl methyl sites for hydroxylation is 1. The average Bonchev–Trinajstić information content (AvgIpc) is 2.72. The first-order valence-corrected chi connectivity index (χ1v) is 7.66. The molecule has 6 heteroatoms. The molecule has 0 radical (unpaired) electrons. The summed E-state index contributed by atoms with van der Waals surface area (Å²) in [5.41, 5.74) is 3.50. The maximum absolute atomic E-state index is 12.1. The molecule has 1 aliphatic heterocycles. The molecule has 0 spiro atoms. The van der Waals surface area contributed by atoms with Crippen molar-refractivity contribution in [1.82, 2.24) is 0 Å². The lowest BCUT2D eigenvalue weighted by atomic mass is 10.1. The van der Waals surface area contributed by atoms with Gasteiger partial charge in [-0.05, 0) is 42.8 Å². The summed E-state index contributed by atoms with van der Waals surface area (Å²) in [5, 5.41) is 3.70. The summed E-state index contributed by atoms with van der Waals surface area (Å²) in [6, 6.07) is 8.82. The standard InChI is InChI=1S/C15H9BrCl2N2O/c1-7-4-8(16)5-10-13(7)20-15(21)14(10)19-9-2-3-11(17)12(18)6-9/h2-6H,1H3,(H,19,20,21). The smallest absolute Gasteiger partial charge is 0.275 e. The minimum atomic E-state index is -0.225. The quantitative estimate of drug-likeness (QED) is 0.727. The lowest BCUT2D eigenvalue weighted by molar-refractivity contribution is -0.110. The highest BCUT2D eigenvalue weighted by Gasteiger charge is 2.27. The van der Waals surface area contributed by atoms with E-state index in [1.807, 2.05) is 19.1 Å². The highest BCUT2D eigenvalue weighted by atomic mass is 79.9. The predicted molar refractivity (Wildman–Crippen MR) is 90.2 cm³/mol. The van der Waals surface area contributed by atoms with Gasteiger partial charge in [-0.25, -0.2) is 4.99 Å². The van der Waals surface area contributed by atoms with Crippen molar-refractivity contribution in [3.05, 3.63) is 56.0 Å². The van der Waals surface area contributed by atoms with Gasteiger partial charge in [0.15, 0.2) is 0 Å². The molecule has 1 N–H and O–H groups in total. The third kappa shape index (κ3) is 2.71. The highest BCUT2D eigenvalue weighted by molar-refractivity contribution is 9.10. The first kappa shape index (κ1) is 14.6. The molecule has 1 amide bonds. The maximum Gasteiger partial charge on any atom is 0.275 e. The molecule has 106 valence electrons. The van der Waals surface area contributed by atoms with Gasteiger partial charge in [0.05, 0.1) is 21.4 Å². The number of hydrogen-bond acceptors (Lipinski definition) is 2. The summed E-state index contributed by atoms with van der Waals surface area (Å²) < 4.78 is 0.900. The van der Waals surface area contributed by atoms with Crippen LogP contribution in [-0.4, -0.2) is 11.6 Å². The molecule has 3 nitrogen and oxygen atoms in total. The molecular weight excluding hydrogens is 375 g/mol. The van der Waals surface area contributed by atoms with Crippen molar-refractivity contribution in [3.8, 4) is 0 Å². The second-order valence-corrected chi connectivity index (χ2v) is 6.39. The highest BCUT2D eigenvalue weighted by Crippen LogP contribution is 2.33. The number of carbonyl (C=O) groups excluding carboxylic acids is 1. The fraction of sp³-hybridized carbons (Fsp3) is 0.0667. The van der Waals surface area contributed by atoms with E-state index in [-0.39, 0.29) is 5.91 Å². The first-order chi connectivity index (χ1) is 9.95. The van der Waals surface area contributed by atoms with E-state index in [1.54, 1.807) is 18.2 Å². The number of nitrogens with one attached hydrogen (secondary N) is 1. The lowest BCUT2D eigenvalue weighted by Gasteiger charge is -2.03. The summed E-state index contributed by atoms with van der Waals surface area (Å²) in [5.74, 6) is -0.225. The normalized spacial score (nSPS) is 15.2. The van der Waals surface area contributed by atoms with E-state index in [9.17, 15) is 4.79 Å². The number of rotatable bonds is 1. The van der Waals surface area contributed by atoms with E-state index in [0.717, 1.165) is 21.3 Å². The molecule has 0 saturated carbocycles. The zero-order chi connectivity index (χ0) is 15.1. The number of hydrogen-bond donors (Lipinski definition) is 1. The average molecular weight is 384 g/mol. The summed E-state index contributed by atoms with van der Waals surface area (Å²) in [4.78, 5) is 16.5. The van der Waals surface area contributed by atoms with Crippen molar-refractivity contribution in [2.45, 2.75) is 6.92 Å². The van der Waals surface area contributed by atoms with Crippen molar-refractivity contribution in [1.29, 1.82) is 0 Å². The SMILES string of the molecule is Cc1cc(Br)cc2c1NC(=O)C2=Nc1ccc(Cl)c(Cl)c1. The van der Waals surface area contributed by atoms with E-state index >= 15 is 0 Å². The molecule has 0 aliphatic carbocycles. The van der Waals surface area contributed by atoms with E-state index in [4.69, 9.17) is 23.2 Å². The van der Waals surface area contributed by atoms with Gasteiger partial charge in [-0.1, -0.05) is 39.1 Å². The lowest BCUT2D eigenvalue weighted by Crippen LogP contribution is -2.14. The van der Waals surface area contributed by atoms with E-state index in [1.165, 1.54) is 0 Å².